The number of hydrogen-bond acceptors (Lipinski definition) is 2. The van der Waals surface area contributed by atoms with Crippen LogP contribution < -0.4 is 5.32 Å². The van der Waals surface area contributed by atoms with E-state index in [-0.39, 0.29) is 0 Å². The molecule has 0 spiro atoms. The molecule has 3 nitrogen and oxygen atoms in total. The summed E-state index contributed by atoms with van der Waals surface area (Å²) in [6.07, 6.45) is 0. The minimum Gasteiger partial charge on any atom is -0.480 e. The molecule has 82 valence electrons. The van der Waals surface area contributed by atoms with Crippen LogP contribution in [0.25, 0.3) is 0 Å². The molecule has 3 heteroatoms. The number of carboxylic acids is 1. The third-order valence-electron chi connectivity index (χ3n) is 3.01. The summed E-state index contributed by atoms with van der Waals surface area (Å²) in [6.45, 7) is 5.66. The van der Waals surface area contributed by atoms with E-state index in [2.05, 4.69) is 5.32 Å². The number of nitrogens with one attached hydrogen (secondary N) is 1. The smallest absolute Gasteiger partial charge is 0.328 e. The van der Waals surface area contributed by atoms with Crippen LogP contribution in [0.5, 0.6) is 0 Å². The summed E-state index contributed by atoms with van der Waals surface area (Å²) in [7, 11) is 1.66. The number of aliphatic carboxylic acids is 1. The van der Waals surface area contributed by atoms with E-state index in [9.17, 15) is 9.90 Å². The maximum absolute atomic E-state index is 11.2. The highest BCUT2D eigenvalue weighted by Crippen LogP contribution is 2.22. The summed E-state index contributed by atoms with van der Waals surface area (Å²) < 4.78 is 0. The Labute approximate surface area is 90.1 Å². The first kappa shape index (κ1) is 11.7. The van der Waals surface area contributed by atoms with Crippen LogP contribution in [-0.4, -0.2) is 18.1 Å². The fourth-order valence-electron chi connectivity index (χ4n) is 1.43. The second-order valence-corrected chi connectivity index (χ2v) is 3.98. The lowest BCUT2D eigenvalue weighted by Gasteiger charge is -2.25. The lowest BCUT2D eigenvalue weighted by Crippen LogP contribution is -2.44. The molecule has 1 aromatic rings. The largest absolute Gasteiger partial charge is 0.480 e. The molecule has 1 rings (SSSR count). The van der Waals surface area contributed by atoms with Gasteiger partial charge in [0.15, 0.2) is 0 Å². The minimum atomic E-state index is -1.02. The van der Waals surface area contributed by atoms with E-state index in [0.29, 0.717) is 0 Å². The Morgan fingerprint density at radius 1 is 1.33 bits per heavy atom. The number of aryl methyl sites for hydroxylation is 2. The molecule has 0 radical (unpaired) electrons. The van der Waals surface area contributed by atoms with Crippen molar-refractivity contribution in [2.45, 2.75) is 26.3 Å². The van der Waals surface area contributed by atoms with Gasteiger partial charge in [0.25, 0.3) is 0 Å². The molecular formula is C12H17NO2. The van der Waals surface area contributed by atoms with Crippen molar-refractivity contribution >= 4 is 5.97 Å². The third-order valence-corrected chi connectivity index (χ3v) is 3.01. The quantitative estimate of drug-likeness (QED) is 0.795. The molecule has 1 aromatic carbocycles. The van der Waals surface area contributed by atoms with Crippen molar-refractivity contribution in [3.63, 3.8) is 0 Å². The Morgan fingerprint density at radius 2 is 1.93 bits per heavy atom. The fraction of sp³-hybridized carbons (Fsp3) is 0.417. The number of carboxylic acid groups (broad SMARTS) is 1. The maximum Gasteiger partial charge on any atom is 0.328 e. The Balaban J connectivity index is 3.25. The average molecular weight is 207 g/mol. The van der Waals surface area contributed by atoms with Gasteiger partial charge < -0.3 is 10.4 Å². The second-order valence-electron chi connectivity index (χ2n) is 3.98. The number of carbonyl (C=O) groups is 1. The van der Waals surface area contributed by atoms with E-state index < -0.39 is 11.5 Å². The molecule has 1 unspecified atom stereocenters. The van der Waals surface area contributed by atoms with Gasteiger partial charge in [-0.2, -0.15) is 0 Å². The van der Waals surface area contributed by atoms with E-state index in [1.165, 1.54) is 5.56 Å². The fourth-order valence-corrected chi connectivity index (χ4v) is 1.43. The first-order valence-electron chi connectivity index (χ1n) is 4.92. The van der Waals surface area contributed by atoms with Crippen LogP contribution >= 0.6 is 0 Å². The van der Waals surface area contributed by atoms with E-state index in [4.69, 9.17) is 0 Å². The predicted molar refractivity (Wildman–Crippen MR) is 60.0 cm³/mol. The zero-order chi connectivity index (χ0) is 11.6. The topological polar surface area (TPSA) is 49.3 Å². The summed E-state index contributed by atoms with van der Waals surface area (Å²) in [5.41, 5.74) is 2.04. The molecule has 0 aromatic heterocycles. The molecule has 2 N–H and O–H groups in total. The molecule has 0 saturated carbocycles. The van der Waals surface area contributed by atoms with Gasteiger partial charge in [-0.25, -0.2) is 4.79 Å². The normalized spacial score (nSPS) is 14.7. The van der Waals surface area contributed by atoms with Crippen molar-refractivity contribution < 1.29 is 9.90 Å². The molecule has 0 aliphatic rings. The van der Waals surface area contributed by atoms with Gasteiger partial charge in [0.05, 0.1) is 0 Å². The van der Waals surface area contributed by atoms with E-state index in [1.807, 2.05) is 32.0 Å². The summed E-state index contributed by atoms with van der Waals surface area (Å²) in [5, 5.41) is 12.0. The average Bonchev–Trinajstić information content (AvgIpc) is 2.20. The van der Waals surface area contributed by atoms with Crippen molar-refractivity contribution in [2.75, 3.05) is 7.05 Å². The van der Waals surface area contributed by atoms with Gasteiger partial charge >= 0.3 is 5.97 Å². The minimum absolute atomic E-state index is 0.778. The Morgan fingerprint density at radius 3 is 2.33 bits per heavy atom. The number of hydrogen-bond donors (Lipinski definition) is 2. The van der Waals surface area contributed by atoms with Crippen molar-refractivity contribution in [1.82, 2.24) is 5.32 Å². The Kier molecular flexibility index (Phi) is 3.15. The van der Waals surface area contributed by atoms with Crippen LogP contribution in [0.2, 0.25) is 0 Å². The van der Waals surface area contributed by atoms with Crippen LogP contribution in [0, 0.1) is 13.8 Å². The van der Waals surface area contributed by atoms with Gasteiger partial charge in [-0.15, -0.1) is 0 Å². The molecule has 1 atom stereocenters. The molecule has 0 saturated heterocycles. The third kappa shape index (κ3) is 2.02. The van der Waals surface area contributed by atoms with Crippen molar-refractivity contribution in [2.24, 2.45) is 0 Å². The predicted octanol–water partition coefficient (Wildman–Crippen LogP) is 1.82. The highest BCUT2D eigenvalue weighted by molar-refractivity contribution is 5.80. The number of benzene rings is 1. The highest BCUT2D eigenvalue weighted by atomic mass is 16.4. The van der Waals surface area contributed by atoms with E-state index in [1.54, 1.807) is 14.0 Å². The molecule has 0 aliphatic heterocycles. The van der Waals surface area contributed by atoms with Crippen LogP contribution in [0.4, 0.5) is 0 Å². The van der Waals surface area contributed by atoms with Crippen LogP contribution in [0.1, 0.15) is 23.6 Å². The Hall–Kier alpha value is -1.35. The van der Waals surface area contributed by atoms with Crippen molar-refractivity contribution in [3.8, 4) is 0 Å². The molecule has 15 heavy (non-hydrogen) atoms. The summed E-state index contributed by atoms with van der Waals surface area (Å²) in [4.78, 5) is 11.2. The lowest BCUT2D eigenvalue weighted by atomic mass is 9.90. The second kappa shape index (κ2) is 4.03. The zero-order valence-electron chi connectivity index (χ0n) is 9.59. The zero-order valence-corrected chi connectivity index (χ0v) is 9.59. The first-order chi connectivity index (χ1) is 6.91. The summed E-state index contributed by atoms with van der Waals surface area (Å²) in [5.74, 6) is -0.867. The molecule has 0 heterocycles. The van der Waals surface area contributed by atoms with Gasteiger partial charge in [-0.1, -0.05) is 18.2 Å². The number of likely N-dealkylation sites (N-methyl/N-ethyl adjacent to an activating group) is 1. The van der Waals surface area contributed by atoms with Gasteiger partial charge in [-0.05, 0) is 44.5 Å². The SMILES string of the molecule is CNC(C)(C(=O)O)c1ccc(C)c(C)c1. The van der Waals surface area contributed by atoms with Crippen LogP contribution in [0.3, 0.4) is 0 Å². The molecule has 0 amide bonds. The maximum atomic E-state index is 11.2. The number of rotatable bonds is 3. The van der Waals surface area contributed by atoms with Crippen LogP contribution in [0.15, 0.2) is 18.2 Å². The standard InChI is InChI=1S/C12H17NO2/c1-8-5-6-10(7-9(8)2)12(3,13-4)11(14)15/h5-7,13H,1-4H3,(H,14,15). The van der Waals surface area contributed by atoms with Gasteiger partial charge in [-0.3, -0.25) is 0 Å². The van der Waals surface area contributed by atoms with Gasteiger partial charge in [0, 0.05) is 0 Å². The molecular weight excluding hydrogens is 190 g/mol. The molecule has 0 aliphatic carbocycles. The lowest BCUT2D eigenvalue weighted by molar-refractivity contribution is -0.144. The summed E-state index contributed by atoms with van der Waals surface area (Å²) >= 11 is 0. The first-order valence-corrected chi connectivity index (χ1v) is 4.92. The van der Waals surface area contributed by atoms with E-state index >= 15 is 0 Å². The van der Waals surface area contributed by atoms with Gasteiger partial charge in [0.2, 0.25) is 0 Å². The van der Waals surface area contributed by atoms with Crippen LogP contribution in [-0.2, 0) is 10.3 Å². The molecule has 0 bridgehead atoms. The van der Waals surface area contributed by atoms with Gasteiger partial charge in [0.1, 0.15) is 5.54 Å². The molecule has 0 fully saturated rings. The van der Waals surface area contributed by atoms with E-state index in [0.717, 1.165) is 11.1 Å². The Bertz CT molecular complexity index is 387. The van der Waals surface area contributed by atoms with Crippen molar-refractivity contribution in [1.29, 1.82) is 0 Å². The summed E-state index contributed by atoms with van der Waals surface area (Å²) in [6, 6.07) is 5.72. The highest BCUT2D eigenvalue weighted by Gasteiger charge is 2.33. The van der Waals surface area contributed by atoms with Crippen molar-refractivity contribution in [3.05, 3.63) is 34.9 Å². The monoisotopic (exact) mass is 207 g/mol.